The summed E-state index contributed by atoms with van der Waals surface area (Å²) in [5.41, 5.74) is 5.52. The lowest BCUT2D eigenvalue weighted by Gasteiger charge is -2.30. The van der Waals surface area contributed by atoms with Crippen molar-refractivity contribution in [2.75, 3.05) is 25.2 Å². The van der Waals surface area contributed by atoms with Gasteiger partial charge in [0.05, 0.1) is 6.61 Å². The van der Waals surface area contributed by atoms with Crippen LogP contribution in [0.3, 0.4) is 0 Å². The molecule has 5 heteroatoms. The Morgan fingerprint density at radius 3 is 2.80 bits per heavy atom. The SMILES string of the molecule is CCOC(=O)C(CN)(CCCSC)c1cccc(F)c1. The second kappa shape index (κ2) is 8.27. The van der Waals surface area contributed by atoms with Crippen molar-refractivity contribution in [1.82, 2.24) is 0 Å². The average Bonchev–Trinajstić information content (AvgIpc) is 2.44. The van der Waals surface area contributed by atoms with Crippen LogP contribution in [0.1, 0.15) is 25.3 Å². The van der Waals surface area contributed by atoms with Crippen molar-refractivity contribution in [1.29, 1.82) is 0 Å². The van der Waals surface area contributed by atoms with Gasteiger partial charge in [0.25, 0.3) is 0 Å². The molecule has 1 atom stereocenters. The quantitative estimate of drug-likeness (QED) is 0.592. The number of esters is 1. The van der Waals surface area contributed by atoms with Crippen molar-refractivity contribution in [3.05, 3.63) is 35.6 Å². The molecule has 112 valence electrons. The summed E-state index contributed by atoms with van der Waals surface area (Å²) >= 11 is 1.71. The molecule has 0 aliphatic rings. The van der Waals surface area contributed by atoms with E-state index in [1.807, 2.05) is 6.26 Å². The summed E-state index contributed by atoms with van der Waals surface area (Å²) in [5.74, 6) is 0.194. The zero-order chi connectivity index (χ0) is 15.0. The molecule has 0 saturated heterocycles. The Morgan fingerprint density at radius 1 is 1.50 bits per heavy atom. The second-order valence-corrected chi connectivity index (χ2v) is 5.60. The first-order chi connectivity index (χ1) is 9.60. The maximum absolute atomic E-state index is 13.5. The number of carbonyl (C=O) groups excluding carboxylic acids is 1. The fourth-order valence-electron chi connectivity index (χ4n) is 2.24. The summed E-state index contributed by atoms with van der Waals surface area (Å²) < 4.78 is 18.6. The van der Waals surface area contributed by atoms with Gasteiger partial charge in [-0.15, -0.1) is 0 Å². The molecule has 0 heterocycles. The highest BCUT2D eigenvalue weighted by atomic mass is 32.2. The Balaban J connectivity index is 3.12. The lowest BCUT2D eigenvalue weighted by Crippen LogP contribution is -2.44. The molecule has 0 amide bonds. The number of benzene rings is 1. The summed E-state index contributed by atoms with van der Waals surface area (Å²) in [6, 6.07) is 6.08. The number of hydrogen-bond acceptors (Lipinski definition) is 4. The summed E-state index contributed by atoms with van der Waals surface area (Å²) in [5, 5.41) is 0. The Kier molecular flexibility index (Phi) is 7.02. The Hall–Kier alpha value is -1.07. The zero-order valence-electron chi connectivity index (χ0n) is 12.0. The first kappa shape index (κ1) is 17.0. The topological polar surface area (TPSA) is 52.3 Å². The second-order valence-electron chi connectivity index (χ2n) is 4.61. The molecule has 20 heavy (non-hydrogen) atoms. The largest absolute Gasteiger partial charge is 0.465 e. The highest BCUT2D eigenvalue weighted by molar-refractivity contribution is 7.98. The normalized spacial score (nSPS) is 13.8. The summed E-state index contributed by atoms with van der Waals surface area (Å²) in [6.07, 6.45) is 3.40. The first-order valence-electron chi connectivity index (χ1n) is 6.73. The molecule has 0 bridgehead atoms. The van der Waals surface area contributed by atoms with Crippen molar-refractivity contribution >= 4 is 17.7 Å². The van der Waals surface area contributed by atoms with E-state index >= 15 is 0 Å². The Bertz CT molecular complexity index is 442. The van der Waals surface area contributed by atoms with Gasteiger partial charge in [0, 0.05) is 6.54 Å². The van der Waals surface area contributed by atoms with E-state index in [9.17, 15) is 9.18 Å². The molecule has 1 aromatic carbocycles. The number of nitrogens with two attached hydrogens (primary N) is 1. The minimum atomic E-state index is -0.951. The molecule has 0 aliphatic heterocycles. The minimum Gasteiger partial charge on any atom is -0.465 e. The van der Waals surface area contributed by atoms with Crippen LogP contribution in [0.5, 0.6) is 0 Å². The molecular formula is C15H22FNO2S. The van der Waals surface area contributed by atoms with Crippen molar-refractivity contribution < 1.29 is 13.9 Å². The third-order valence-corrected chi connectivity index (χ3v) is 4.04. The lowest BCUT2D eigenvalue weighted by atomic mass is 9.76. The van der Waals surface area contributed by atoms with E-state index in [2.05, 4.69) is 0 Å². The smallest absolute Gasteiger partial charge is 0.317 e. The molecule has 0 aliphatic carbocycles. The fraction of sp³-hybridized carbons (Fsp3) is 0.533. The molecule has 1 unspecified atom stereocenters. The molecule has 1 rings (SSSR count). The van der Waals surface area contributed by atoms with Crippen LogP contribution in [0, 0.1) is 5.82 Å². The highest BCUT2D eigenvalue weighted by Crippen LogP contribution is 2.31. The summed E-state index contributed by atoms with van der Waals surface area (Å²) in [6.45, 7) is 2.16. The van der Waals surface area contributed by atoms with Crippen molar-refractivity contribution in [3.63, 3.8) is 0 Å². The molecule has 0 spiro atoms. The Labute approximate surface area is 124 Å². The molecule has 1 aromatic rings. The van der Waals surface area contributed by atoms with Crippen molar-refractivity contribution in [3.8, 4) is 0 Å². The number of thioether (sulfide) groups is 1. The third kappa shape index (κ3) is 3.96. The molecule has 0 radical (unpaired) electrons. The van der Waals surface area contributed by atoms with Crippen LogP contribution in [0.4, 0.5) is 4.39 Å². The van der Waals surface area contributed by atoms with Gasteiger partial charge >= 0.3 is 5.97 Å². The van der Waals surface area contributed by atoms with Gasteiger partial charge in [0.2, 0.25) is 0 Å². The average molecular weight is 299 g/mol. The zero-order valence-corrected chi connectivity index (χ0v) is 12.8. The van der Waals surface area contributed by atoms with Crippen LogP contribution in [0.2, 0.25) is 0 Å². The van der Waals surface area contributed by atoms with Gasteiger partial charge in [-0.1, -0.05) is 12.1 Å². The van der Waals surface area contributed by atoms with Gasteiger partial charge in [-0.05, 0) is 49.5 Å². The van der Waals surface area contributed by atoms with E-state index in [1.54, 1.807) is 30.8 Å². The number of rotatable bonds is 8. The maximum Gasteiger partial charge on any atom is 0.317 e. The van der Waals surface area contributed by atoms with Crippen molar-refractivity contribution in [2.45, 2.75) is 25.2 Å². The van der Waals surface area contributed by atoms with E-state index in [4.69, 9.17) is 10.5 Å². The van der Waals surface area contributed by atoms with E-state index < -0.39 is 5.41 Å². The maximum atomic E-state index is 13.5. The van der Waals surface area contributed by atoms with Gasteiger partial charge < -0.3 is 10.5 Å². The van der Waals surface area contributed by atoms with E-state index in [0.29, 0.717) is 18.6 Å². The first-order valence-corrected chi connectivity index (χ1v) is 8.12. The van der Waals surface area contributed by atoms with Crippen molar-refractivity contribution in [2.24, 2.45) is 5.73 Å². The molecule has 0 aromatic heterocycles. The number of halogens is 1. The van der Waals surface area contributed by atoms with Gasteiger partial charge in [-0.2, -0.15) is 11.8 Å². The fourth-order valence-corrected chi connectivity index (χ4v) is 2.67. The van der Waals surface area contributed by atoms with Crippen LogP contribution in [-0.4, -0.2) is 31.1 Å². The molecule has 0 saturated carbocycles. The van der Waals surface area contributed by atoms with Crippen LogP contribution < -0.4 is 5.73 Å². The monoisotopic (exact) mass is 299 g/mol. The van der Waals surface area contributed by atoms with Crippen LogP contribution in [0.15, 0.2) is 24.3 Å². The number of hydrogen-bond donors (Lipinski definition) is 1. The highest BCUT2D eigenvalue weighted by Gasteiger charge is 2.40. The van der Waals surface area contributed by atoms with Gasteiger partial charge in [-0.3, -0.25) is 4.79 Å². The van der Waals surface area contributed by atoms with Crippen LogP contribution in [0.25, 0.3) is 0 Å². The minimum absolute atomic E-state index is 0.115. The summed E-state index contributed by atoms with van der Waals surface area (Å²) in [4.78, 5) is 12.4. The van der Waals surface area contributed by atoms with Gasteiger partial charge in [-0.25, -0.2) is 4.39 Å². The lowest BCUT2D eigenvalue weighted by molar-refractivity contribution is -0.150. The Morgan fingerprint density at radius 2 is 2.25 bits per heavy atom. The van der Waals surface area contributed by atoms with E-state index in [-0.39, 0.29) is 18.3 Å². The predicted octanol–water partition coefficient (Wildman–Crippen LogP) is 2.73. The van der Waals surface area contributed by atoms with Crippen LogP contribution >= 0.6 is 11.8 Å². The molecular weight excluding hydrogens is 277 g/mol. The summed E-state index contributed by atoms with van der Waals surface area (Å²) in [7, 11) is 0. The predicted molar refractivity (Wildman–Crippen MR) is 81.4 cm³/mol. The van der Waals surface area contributed by atoms with Crippen LogP contribution in [-0.2, 0) is 14.9 Å². The molecule has 0 fully saturated rings. The molecule has 2 N–H and O–H groups in total. The van der Waals surface area contributed by atoms with Gasteiger partial charge in [0.15, 0.2) is 0 Å². The standard InChI is InChI=1S/C15H22FNO2S/c1-3-19-14(18)15(11-17,8-5-9-20-2)12-6-4-7-13(16)10-12/h4,6-7,10H,3,5,8-9,11,17H2,1-2H3. The molecule has 3 nitrogen and oxygen atoms in total. The van der Waals surface area contributed by atoms with E-state index in [1.165, 1.54) is 12.1 Å². The van der Waals surface area contributed by atoms with E-state index in [0.717, 1.165) is 12.2 Å². The van der Waals surface area contributed by atoms with Gasteiger partial charge in [0.1, 0.15) is 11.2 Å². The number of carbonyl (C=O) groups is 1. The third-order valence-electron chi connectivity index (χ3n) is 3.34. The number of ether oxygens (including phenoxy) is 1.